The van der Waals surface area contributed by atoms with Crippen molar-refractivity contribution in [3.05, 3.63) is 59.4 Å². The second-order valence-corrected chi connectivity index (χ2v) is 6.23. The number of nitrogens with one attached hydrogen (secondary N) is 1. The minimum Gasteiger partial charge on any atom is -0.507 e. The topological polar surface area (TPSA) is 79.3 Å². The van der Waals surface area contributed by atoms with Gasteiger partial charge in [0.1, 0.15) is 12.0 Å². The summed E-state index contributed by atoms with van der Waals surface area (Å²) >= 11 is 0. The van der Waals surface area contributed by atoms with Gasteiger partial charge in [-0.05, 0) is 35.6 Å². The number of para-hydroxylation sites is 1. The zero-order valence-electron chi connectivity index (χ0n) is 13.2. The maximum atomic E-state index is 12.1. The van der Waals surface area contributed by atoms with Gasteiger partial charge in [0.15, 0.2) is 0 Å². The Morgan fingerprint density at radius 3 is 2.74 bits per heavy atom. The van der Waals surface area contributed by atoms with Gasteiger partial charge in [0.05, 0.1) is 5.56 Å². The molecule has 120 valence electrons. The number of hydrogen-bond donors (Lipinski definition) is 2. The summed E-state index contributed by atoms with van der Waals surface area (Å²) in [5, 5.41) is 12.5. The number of nitrogens with zero attached hydrogens (tertiary/aromatic N) is 1. The highest BCUT2D eigenvalue weighted by Gasteiger charge is 2.22. The molecule has 0 atom stereocenters. The van der Waals surface area contributed by atoms with Gasteiger partial charge in [0.2, 0.25) is 0 Å². The maximum Gasteiger partial charge on any atom is 0.255 e. The van der Waals surface area contributed by atoms with Crippen LogP contribution >= 0.6 is 0 Å². The molecule has 1 aromatic heterocycles. The van der Waals surface area contributed by atoms with Crippen molar-refractivity contribution in [2.75, 3.05) is 6.54 Å². The Balaban J connectivity index is 2.03. The molecule has 0 unspecified atom stereocenters. The molecule has 0 saturated carbocycles. The first-order valence-electron chi connectivity index (χ1n) is 7.37. The van der Waals surface area contributed by atoms with E-state index in [1.165, 1.54) is 6.07 Å². The van der Waals surface area contributed by atoms with E-state index in [1.54, 1.807) is 36.7 Å². The molecule has 0 bridgehead atoms. The normalized spacial score (nSPS) is 11.0. The number of aromatic hydroxyl groups is 1. The van der Waals surface area contributed by atoms with Gasteiger partial charge in [-0.25, -0.2) is 0 Å². The number of pyridine rings is 1. The number of benzene rings is 1. The van der Waals surface area contributed by atoms with Gasteiger partial charge in [-0.2, -0.15) is 0 Å². The fourth-order valence-electron chi connectivity index (χ4n) is 2.36. The highest BCUT2D eigenvalue weighted by atomic mass is 16.3. The van der Waals surface area contributed by atoms with E-state index in [0.717, 1.165) is 11.8 Å². The summed E-state index contributed by atoms with van der Waals surface area (Å²) in [4.78, 5) is 27.3. The van der Waals surface area contributed by atoms with Crippen molar-refractivity contribution in [1.82, 2.24) is 10.3 Å². The van der Waals surface area contributed by atoms with Crippen LogP contribution in [0.3, 0.4) is 0 Å². The number of phenols is 1. The van der Waals surface area contributed by atoms with Crippen LogP contribution in [0.5, 0.6) is 5.75 Å². The Hall–Kier alpha value is -2.69. The number of carbonyl (C=O) groups is 2. The van der Waals surface area contributed by atoms with Crippen molar-refractivity contribution in [3.63, 3.8) is 0 Å². The van der Waals surface area contributed by atoms with Crippen LogP contribution in [-0.2, 0) is 6.42 Å². The van der Waals surface area contributed by atoms with E-state index in [4.69, 9.17) is 0 Å². The molecule has 0 aliphatic heterocycles. The highest BCUT2D eigenvalue weighted by Crippen LogP contribution is 2.23. The number of rotatable bonds is 6. The number of aromatic nitrogens is 1. The monoisotopic (exact) mass is 312 g/mol. The number of aldehydes is 1. The maximum absolute atomic E-state index is 12.1. The molecule has 2 rings (SSSR count). The molecule has 0 spiro atoms. The number of carbonyl (C=O) groups excluding carboxylic acids is 2. The molecule has 23 heavy (non-hydrogen) atoms. The molecule has 1 aromatic carbocycles. The highest BCUT2D eigenvalue weighted by molar-refractivity contribution is 5.96. The number of phenolic OH excluding ortho intramolecular Hbond substituents is 1. The van der Waals surface area contributed by atoms with Crippen LogP contribution in [-0.4, -0.2) is 28.8 Å². The van der Waals surface area contributed by atoms with Gasteiger partial charge in [0, 0.05) is 24.5 Å². The third kappa shape index (κ3) is 4.39. The molecular weight excluding hydrogens is 292 g/mol. The summed E-state index contributed by atoms with van der Waals surface area (Å²) in [6, 6.07) is 8.10. The smallest absolute Gasteiger partial charge is 0.255 e. The Labute approximate surface area is 135 Å². The minimum absolute atomic E-state index is 0.0432. The lowest BCUT2D eigenvalue weighted by molar-refractivity contribution is 0.0933. The zero-order chi connectivity index (χ0) is 16.9. The molecular formula is C18H20N2O3. The number of hydrogen-bond acceptors (Lipinski definition) is 4. The van der Waals surface area contributed by atoms with Gasteiger partial charge in [0.25, 0.3) is 5.91 Å². The van der Waals surface area contributed by atoms with Crippen LogP contribution in [0.4, 0.5) is 0 Å². The molecule has 0 radical (unpaired) electrons. The first kappa shape index (κ1) is 16.7. The van der Waals surface area contributed by atoms with Crippen LogP contribution in [0.1, 0.15) is 40.1 Å². The molecule has 1 heterocycles. The van der Waals surface area contributed by atoms with Crippen molar-refractivity contribution in [3.8, 4) is 5.75 Å². The van der Waals surface area contributed by atoms with Crippen LogP contribution < -0.4 is 5.32 Å². The SMILES string of the molecule is CC(C)(CNC(=O)c1ccccc1O)Cc1cnccc1C=O. The Bertz CT molecular complexity index is 711. The Kier molecular flexibility index (Phi) is 5.11. The van der Waals surface area contributed by atoms with E-state index < -0.39 is 0 Å². The summed E-state index contributed by atoms with van der Waals surface area (Å²) in [7, 11) is 0. The van der Waals surface area contributed by atoms with Crippen molar-refractivity contribution in [2.24, 2.45) is 5.41 Å². The average molecular weight is 312 g/mol. The van der Waals surface area contributed by atoms with Gasteiger partial charge in [-0.1, -0.05) is 26.0 Å². The third-order valence-corrected chi connectivity index (χ3v) is 3.61. The van der Waals surface area contributed by atoms with Crippen molar-refractivity contribution < 1.29 is 14.7 Å². The summed E-state index contributed by atoms with van der Waals surface area (Å²) in [5.41, 5.74) is 1.45. The fraction of sp³-hybridized carbons (Fsp3) is 0.278. The Morgan fingerprint density at radius 2 is 2.04 bits per heavy atom. The summed E-state index contributed by atoms with van der Waals surface area (Å²) < 4.78 is 0. The van der Waals surface area contributed by atoms with E-state index in [-0.39, 0.29) is 22.6 Å². The lowest BCUT2D eigenvalue weighted by Crippen LogP contribution is -2.35. The van der Waals surface area contributed by atoms with Crippen LogP contribution in [0.25, 0.3) is 0 Å². The number of amides is 1. The van der Waals surface area contributed by atoms with Crippen molar-refractivity contribution >= 4 is 12.2 Å². The largest absolute Gasteiger partial charge is 0.507 e. The Morgan fingerprint density at radius 1 is 1.30 bits per heavy atom. The van der Waals surface area contributed by atoms with E-state index in [0.29, 0.717) is 18.5 Å². The second kappa shape index (κ2) is 7.05. The lowest BCUT2D eigenvalue weighted by atomic mass is 9.85. The predicted octanol–water partition coefficient (Wildman–Crippen LogP) is 2.60. The molecule has 0 saturated heterocycles. The molecule has 0 aliphatic carbocycles. The molecule has 2 aromatic rings. The molecule has 1 amide bonds. The summed E-state index contributed by atoms with van der Waals surface area (Å²) in [6.45, 7) is 4.41. The summed E-state index contributed by atoms with van der Waals surface area (Å²) in [5.74, 6) is -0.365. The van der Waals surface area contributed by atoms with E-state index in [9.17, 15) is 14.7 Å². The standard InChI is InChI=1S/C18H20N2O3/c1-18(2,9-14-10-19-8-7-13(14)11-21)12-20-17(23)15-5-3-4-6-16(15)22/h3-8,10-11,22H,9,12H2,1-2H3,(H,20,23). The quantitative estimate of drug-likeness (QED) is 0.804. The predicted molar refractivity (Wildman–Crippen MR) is 87.5 cm³/mol. The van der Waals surface area contributed by atoms with Gasteiger partial charge in [-0.15, -0.1) is 0 Å². The van der Waals surface area contributed by atoms with E-state index in [2.05, 4.69) is 10.3 Å². The molecule has 0 aliphatic rings. The van der Waals surface area contributed by atoms with E-state index in [1.807, 2.05) is 13.8 Å². The van der Waals surface area contributed by atoms with Crippen LogP contribution in [0.15, 0.2) is 42.7 Å². The first-order chi connectivity index (χ1) is 10.9. The lowest BCUT2D eigenvalue weighted by Gasteiger charge is -2.25. The van der Waals surface area contributed by atoms with Gasteiger partial charge < -0.3 is 10.4 Å². The van der Waals surface area contributed by atoms with Crippen molar-refractivity contribution in [1.29, 1.82) is 0 Å². The molecule has 5 nitrogen and oxygen atoms in total. The molecule has 5 heteroatoms. The molecule has 2 N–H and O–H groups in total. The summed E-state index contributed by atoms with van der Waals surface area (Å²) in [6.07, 6.45) is 4.68. The third-order valence-electron chi connectivity index (χ3n) is 3.61. The second-order valence-electron chi connectivity index (χ2n) is 6.23. The van der Waals surface area contributed by atoms with Gasteiger partial charge in [-0.3, -0.25) is 14.6 Å². The zero-order valence-corrected chi connectivity index (χ0v) is 13.2. The fourth-order valence-corrected chi connectivity index (χ4v) is 2.36. The minimum atomic E-state index is -0.321. The van der Waals surface area contributed by atoms with E-state index >= 15 is 0 Å². The first-order valence-corrected chi connectivity index (χ1v) is 7.37. The van der Waals surface area contributed by atoms with Gasteiger partial charge >= 0.3 is 0 Å². The average Bonchev–Trinajstić information content (AvgIpc) is 2.53. The molecule has 0 fully saturated rings. The van der Waals surface area contributed by atoms with Crippen LogP contribution in [0.2, 0.25) is 0 Å². The van der Waals surface area contributed by atoms with Crippen LogP contribution in [0, 0.1) is 5.41 Å². The van der Waals surface area contributed by atoms with Crippen molar-refractivity contribution in [2.45, 2.75) is 20.3 Å².